The van der Waals surface area contributed by atoms with Crippen molar-refractivity contribution < 1.29 is 4.79 Å². The van der Waals surface area contributed by atoms with Crippen LogP contribution in [0.15, 0.2) is 53.6 Å². The molecule has 0 atom stereocenters. The topological polar surface area (TPSA) is 59.3 Å². The van der Waals surface area contributed by atoms with Crippen LogP contribution in [-0.4, -0.2) is 21.7 Å². The van der Waals surface area contributed by atoms with E-state index in [4.69, 9.17) is 11.6 Å². The number of imidazole rings is 1. The number of hydrogen-bond acceptors (Lipinski definition) is 3. The zero-order valence-corrected chi connectivity index (χ0v) is 13.3. The second-order valence-electron chi connectivity index (χ2n) is 5.08. The average Bonchev–Trinajstić information content (AvgIpc) is 2.85. The van der Waals surface area contributed by atoms with Gasteiger partial charge in [-0.3, -0.25) is 4.79 Å². The minimum atomic E-state index is -0.207. The highest BCUT2D eigenvalue weighted by atomic mass is 35.5. The number of para-hydroxylation sites is 2. The van der Waals surface area contributed by atoms with Crippen molar-refractivity contribution in [2.75, 3.05) is 0 Å². The maximum Gasteiger partial charge on any atom is 0.260 e. The Morgan fingerprint density at radius 2 is 2.00 bits per heavy atom. The summed E-state index contributed by atoms with van der Waals surface area (Å²) >= 11 is 5.82. The number of hydrogen-bond donors (Lipinski definition) is 1. The molecule has 6 heteroatoms. The Balaban J connectivity index is 1.67. The van der Waals surface area contributed by atoms with Gasteiger partial charge in [0.25, 0.3) is 5.91 Å². The van der Waals surface area contributed by atoms with Crippen LogP contribution in [0.1, 0.15) is 11.4 Å². The zero-order chi connectivity index (χ0) is 16.2. The van der Waals surface area contributed by atoms with Crippen molar-refractivity contribution in [3.8, 4) is 0 Å². The summed E-state index contributed by atoms with van der Waals surface area (Å²) in [5.41, 5.74) is 5.19. The molecular weight excluding hydrogens is 312 g/mol. The van der Waals surface area contributed by atoms with Crippen molar-refractivity contribution in [1.82, 2.24) is 15.0 Å². The van der Waals surface area contributed by atoms with Crippen molar-refractivity contribution in [2.24, 2.45) is 5.10 Å². The molecular formula is C17H15ClN4O. The van der Waals surface area contributed by atoms with Crippen molar-refractivity contribution in [1.29, 1.82) is 0 Å². The number of nitrogens with one attached hydrogen (secondary N) is 1. The van der Waals surface area contributed by atoms with Gasteiger partial charge in [-0.15, -0.1) is 0 Å². The van der Waals surface area contributed by atoms with E-state index in [1.165, 1.54) is 0 Å². The molecule has 0 saturated carbocycles. The number of fused-ring (bicyclic) bond motifs is 1. The van der Waals surface area contributed by atoms with Crippen molar-refractivity contribution in [3.05, 3.63) is 64.9 Å². The predicted molar refractivity (Wildman–Crippen MR) is 91.7 cm³/mol. The molecule has 0 unspecified atom stereocenters. The van der Waals surface area contributed by atoms with Crippen molar-refractivity contribution >= 4 is 34.8 Å². The van der Waals surface area contributed by atoms with E-state index >= 15 is 0 Å². The van der Waals surface area contributed by atoms with Gasteiger partial charge in [-0.05, 0) is 36.8 Å². The largest absolute Gasteiger partial charge is 0.319 e. The van der Waals surface area contributed by atoms with Crippen LogP contribution in [0.25, 0.3) is 11.0 Å². The summed E-state index contributed by atoms with van der Waals surface area (Å²) in [7, 11) is 0. The predicted octanol–water partition coefficient (Wildman–Crippen LogP) is 3.15. The minimum absolute atomic E-state index is 0.171. The fourth-order valence-electron chi connectivity index (χ4n) is 2.30. The molecule has 23 heavy (non-hydrogen) atoms. The first-order chi connectivity index (χ1) is 11.1. The normalized spacial score (nSPS) is 11.2. The summed E-state index contributed by atoms with van der Waals surface area (Å²) in [6, 6.07) is 14.9. The summed E-state index contributed by atoms with van der Waals surface area (Å²) in [5, 5.41) is 4.62. The molecule has 0 fully saturated rings. The lowest BCUT2D eigenvalue weighted by molar-refractivity contribution is -0.121. The molecule has 2 aromatic carbocycles. The van der Waals surface area contributed by atoms with Crippen molar-refractivity contribution in [3.63, 3.8) is 0 Å². The average molecular weight is 327 g/mol. The maximum absolute atomic E-state index is 12.1. The Morgan fingerprint density at radius 1 is 1.26 bits per heavy atom. The molecule has 1 heterocycles. The van der Waals surface area contributed by atoms with Gasteiger partial charge in [0.2, 0.25) is 0 Å². The van der Waals surface area contributed by atoms with Crippen LogP contribution in [0, 0.1) is 6.92 Å². The summed E-state index contributed by atoms with van der Waals surface area (Å²) in [6.07, 6.45) is 1.58. The highest BCUT2D eigenvalue weighted by molar-refractivity contribution is 6.30. The Kier molecular flexibility index (Phi) is 4.39. The highest BCUT2D eigenvalue weighted by Gasteiger charge is 2.09. The van der Waals surface area contributed by atoms with Gasteiger partial charge in [-0.2, -0.15) is 5.10 Å². The fourth-order valence-corrected chi connectivity index (χ4v) is 2.43. The molecule has 0 aliphatic heterocycles. The van der Waals surface area contributed by atoms with Crippen molar-refractivity contribution in [2.45, 2.75) is 13.5 Å². The summed E-state index contributed by atoms with van der Waals surface area (Å²) in [4.78, 5) is 16.5. The van der Waals surface area contributed by atoms with E-state index in [-0.39, 0.29) is 12.5 Å². The number of carbonyl (C=O) groups excluding carboxylic acids is 1. The number of aromatic nitrogens is 2. The first-order valence-corrected chi connectivity index (χ1v) is 7.50. The van der Waals surface area contributed by atoms with Crippen LogP contribution < -0.4 is 5.43 Å². The number of aryl methyl sites for hydroxylation is 1. The maximum atomic E-state index is 12.1. The van der Waals surface area contributed by atoms with Crippen LogP contribution >= 0.6 is 11.6 Å². The van der Waals surface area contributed by atoms with E-state index in [0.717, 1.165) is 22.4 Å². The second kappa shape index (κ2) is 6.62. The quantitative estimate of drug-likeness (QED) is 0.591. The van der Waals surface area contributed by atoms with E-state index in [9.17, 15) is 4.79 Å². The number of hydrazone groups is 1. The van der Waals surface area contributed by atoms with E-state index in [0.29, 0.717) is 5.02 Å². The molecule has 116 valence electrons. The lowest BCUT2D eigenvalue weighted by Gasteiger charge is -2.05. The molecule has 3 aromatic rings. The molecule has 0 spiro atoms. The lowest BCUT2D eigenvalue weighted by atomic mass is 10.2. The fraction of sp³-hybridized carbons (Fsp3) is 0.118. The molecule has 1 aromatic heterocycles. The van der Waals surface area contributed by atoms with Gasteiger partial charge in [0, 0.05) is 5.02 Å². The van der Waals surface area contributed by atoms with E-state index < -0.39 is 0 Å². The summed E-state index contributed by atoms with van der Waals surface area (Å²) < 4.78 is 1.86. The molecule has 1 N–H and O–H groups in total. The monoisotopic (exact) mass is 326 g/mol. The smallest absolute Gasteiger partial charge is 0.260 e. The molecule has 3 rings (SSSR count). The van der Waals surface area contributed by atoms with E-state index in [2.05, 4.69) is 15.5 Å². The zero-order valence-electron chi connectivity index (χ0n) is 12.5. The number of benzene rings is 2. The molecule has 0 aliphatic rings. The van der Waals surface area contributed by atoms with Gasteiger partial charge in [0.15, 0.2) is 0 Å². The number of rotatable bonds is 4. The highest BCUT2D eigenvalue weighted by Crippen LogP contribution is 2.15. The SMILES string of the molecule is Cc1nc2ccccc2n1CC(=O)N/N=C/c1ccc(Cl)cc1. The van der Waals surface area contributed by atoms with Gasteiger partial charge in [0.1, 0.15) is 12.4 Å². The number of nitrogens with zero attached hydrogens (tertiary/aromatic N) is 3. The minimum Gasteiger partial charge on any atom is -0.319 e. The lowest BCUT2D eigenvalue weighted by Crippen LogP contribution is -2.23. The van der Waals surface area contributed by atoms with Crippen LogP contribution in [-0.2, 0) is 11.3 Å². The third kappa shape index (κ3) is 3.57. The van der Waals surface area contributed by atoms with Crippen LogP contribution in [0.3, 0.4) is 0 Å². The third-order valence-electron chi connectivity index (χ3n) is 3.42. The van der Waals surface area contributed by atoms with Gasteiger partial charge >= 0.3 is 0 Å². The molecule has 0 radical (unpaired) electrons. The van der Waals surface area contributed by atoms with Crippen LogP contribution in [0.2, 0.25) is 5.02 Å². The molecule has 0 aliphatic carbocycles. The first kappa shape index (κ1) is 15.2. The molecule has 5 nitrogen and oxygen atoms in total. The molecule has 0 saturated heterocycles. The number of carbonyl (C=O) groups is 1. The summed E-state index contributed by atoms with van der Waals surface area (Å²) in [5.74, 6) is 0.587. The molecule has 0 bridgehead atoms. The molecule has 1 amide bonds. The van der Waals surface area contributed by atoms with Crippen LogP contribution in [0.5, 0.6) is 0 Å². The number of halogens is 1. The van der Waals surface area contributed by atoms with Gasteiger partial charge in [-0.1, -0.05) is 35.9 Å². The van der Waals surface area contributed by atoms with E-state index in [1.54, 1.807) is 18.3 Å². The Morgan fingerprint density at radius 3 is 2.78 bits per heavy atom. The Labute approximate surface area is 138 Å². The second-order valence-corrected chi connectivity index (χ2v) is 5.52. The standard InChI is InChI=1S/C17H15ClN4O/c1-12-20-15-4-2-3-5-16(15)22(12)11-17(23)21-19-10-13-6-8-14(18)9-7-13/h2-10H,11H2,1H3,(H,21,23)/b19-10+. The van der Waals surface area contributed by atoms with Gasteiger partial charge in [0.05, 0.1) is 17.2 Å². The van der Waals surface area contributed by atoms with Crippen LogP contribution in [0.4, 0.5) is 0 Å². The van der Waals surface area contributed by atoms with Gasteiger partial charge in [-0.25, -0.2) is 10.4 Å². The first-order valence-electron chi connectivity index (χ1n) is 7.13. The van der Waals surface area contributed by atoms with Gasteiger partial charge < -0.3 is 4.57 Å². The Bertz CT molecular complexity index is 868. The Hall–Kier alpha value is -2.66. The summed E-state index contributed by atoms with van der Waals surface area (Å²) in [6.45, 7) is 2.05. The van der Waals surface area contributed by atoms with E-state index in [1.807, 2.05) is 47.9 Å². The third-order valence-corrected chi connectivity index (χ3v) is 3.67. The number of amides is 1.